The Balaban J connectivity index is 0.00000140. The topological polar surface area (TPSA) is 53.6 Å². The minimum Gasteiger partial charge on any atom is -0.378 e. The van der Waals surface area contributed by atoms with E-state index in [1.54, 1.807) is 0 Å². The third-order valence-corrected chi connectivity index (χ3v) is 5.07. The summed E-state index contributed by atoms with van der Waals surface area (Å²) in [6, 6.07) is 16.7. The number of morpholine rings is 1. The van der Waals surface area contributed by atoms with Crippen LogP contribution in [0.2, 0.25) is 0 Å². The molecule has 2 heterocycles. The SMILES string of the molecule is Cl.Cl.O=C(CC1COCCN1)Nc1ccccc1CN1CCc2ccccc21. The van der Waals surface area contributed by atoms with Crippen molar-refractivity contribution in [3.8, 4) is 0 Å². The summed E-state index contributed by atoms with van der Waals surface area (Å²) < 4.78 is 5.43. The first-order valence-corrected chi connectivity index (χ1v) is 9.31. The van der Waals surface area contributed by atoms with E-state index in [1.165, 1.54) is 11.3 Å². The highest BCUT2D eigenvalue weighted by Crippen LogP contribution is 2.30. The normalized spacial score (nSPS) is 17.9. The Hall–Kier alpha value is -1.79. The highest BCUT2D eigenvalue weighted by atomic mass is 35.5. The van der Waals surface area contributed by atoms with Gasteiger partial charge in [-0.3, -0.25) is 4.79 Å². The maximum absolute atomic E-state index is 12.4. The number of rotatable bonds is 5. The second-order valence-corrected chi connectivity index (χ2v) is 6.94. The van der Waals surface area contributed by atoms with Gasteiger partial charge < -0.3 is 20.3 Å². The van der Waals surface area contributed by atoms with Crippen molar-refractivity contribution in [1.82, 2.24) is 5.32 Å². The maximum Gasteiger partial charge on any atom is 0.226 e. The van der Waals surface area contributed by atoms with E-state index in [-0.39, 0.29) is 36.8 Å². The van der Waals surface area contributed by atoms with Gasteiger partial charge in [-0.15, -0.1) is 24.8 Å². The van der Waals surface area contributed by atoms with Crippen molar-refractivity contribution >= 4 is 42.1 Å². The lowest BCUT2D eigenvalue weighted by atomic mass is 10.1. The quantitative estimate of drug-likeness (QED) is 0.773. The van der Waals surface area contributed by atoms with E-state index in [2.05, 4.69) is 45.9 Å². The molecular formula is C21H27Cl2N3O2. The lowest BCUT2D eigenvalue weighted by molar-refractivity contribution is -0.117. The fraction of sp³-hybridized carbons (Fsp3) is 0.381. The molecule has 0 radical (unpaired) electrons. The molecule has 0 bridgehead atoms. The van der Waals surface area contributed by atoms with Crippen LogP contribution in [0.4, 0.5) is 11.4 Å². The van der Waals surface area contributed by atoms with Crippen molar-refractivity contribution in [3.63, 3.8) is 0 Å². The first kappa shape index (κ1) is 22.5. The molecule has 7 heteroatoms. The summed E-state index contributed by atoms with van der Waals surface area (Å²) in [5.74, 6) is 0.0299. The highest BCUT2D eigenvalue weighted by molar-refractivity contribution is 5.92. The molecule has 1 unspecified atom stereocenters. The zero-order valence-corrected chi connectivity index (χ0v) is 17.4. The standard InChI is InChI=1S/C21H25N3O2.2ClH/c25-21(13-18-15-26-12-10-22-18)23-19-7-3-1-6-17(19)14-24-11-9-16-5-2-4-8-20(16)24;;/h1-8,18,22H,9-15H2,(H,23,25);2*1H. The number of amides is 1. The van der Waals surface area contributed by atoms with E-state index in [1.807, 2.05) is 18.2 Å². The van der Waals surface area contributed by atoms with Crippen LogP contribution < -0.4 is 15.5 Å². The Bertz CT molecular complexity index is 782. The number of hydrogen-bond donors (Lipinski definition) is 2. The van der Waals surface area contributed by atoms with Gasteiger partial charge in [-0.05, 0) is 29.7 Å². The number of nitrogens with zero attached hydrogens (tertiary/aromatic N) is 1. The van der Waals surface area contributed by atoms with Crippen LogP contribution in [0.1, 0.15) is 17.5 Å². The summed E-state index contributed by atoms with van der Waals surface area (Å²) in [6.45, 7) is 3.95. The first-order valence-electron chi connectivity index (χ1n) is 9.31. The minimum atomic E-state index is 0. The Morgan fingerprint density at radius 1 is 1.14 bits per heavy atom. The van der Waals surface area contributed by atoms with Crippen LogP contribution in [0.3, 0.4) is 0 Å². The number of carbonyl (C=O) groups excluding carboxylic acids is 1. The van der Waals surface area contributed by atoms with Gasteiger partial charge >= 0.3 is 0 Å². The third kappa shape index (κ3) is 5.39. The molecule has 1 saturated heterocycles. The monoisotopic (exact) mass is 423 g/mol. The van der Waals surface area contributed by atoms with Crippen molar-refractivity contribution in [3.05, 3.63) is 59.7 Å². The molecule has 2 aliphatic heterocycles. The zero-order valence-electron chi connectivity index (χ0n) is 15.7. The van der Waals surface area contributed by atoms with Gasteiger partial charge in [0.1, 0.15) is 0 Å². The minimum absolute atomic E-state index is 0. The van der Waals surface area contributed by atoms with E-state index in [0.29, 0.717) is 13.0 Å². The lowest BCUT2D eigenvalue weighted by Gasteiger charge is -2.24. The molecule has 0 aromatic heterocycles. The third-order valence-electron chi connectivity index (χ3n) is 5.07. The molecular weight excluding hydrogens is 397 g/mol. The molecule has 1 fully saturated rings. The number of carbonyl (C=O) groups is 1. The smallest absolute Gasteiger partial charge is 0.226 e. The van der Waals surface area contributed by atoms with E-state index in [4.69, 9.17) is 4.74 Å². The number of anilines is 2. The predicted octanol–water partition coefficient (Wildman–Crippen LogP) is 3.41. The number of fused-ring (bicyclic) bond motifs is 1. The van der Waals surface area contributed by atoms with Crippen molar-refractivity contribution in [2.75, 3.05) is 36.5 Å². The summed E-state index contributed by atoms with van der Waals surface area (Å²) in [5, 5.41) is 6.42. The summed E-state index contributed by atoms with van der Waals surface area (Å²) in [6.07, 6.45) is 1.51. The molecule has 0 saturated carbocycles. The van der Waals surface area contributed by atoms with E-state index >= 15 is 0 Å². The Kier molecular flexibility index (Phi) is 8.58. The fourth-order valence-corrected chi connectivity index (χ4v) is 3.73. The highest BCUT2D eigenvalue weighted by Gasteiger charge is 2.21. The zero-order chi connectivity index (χ0) is 17.8. The molecule has 28 heavy (non-hydrogen) atoms. The van der Waals surface area contributed by atoms with Crippen LogP contribution in [-0.4, -0.2) is 38.3 Å². The van der Waals surface area contributed by atoms with Gasteiger partial charge in [0.15, 0.2) is 0 Å². The Morgan fingerprint density at radius 2 is 1.93 bits per heavy atom. The number of nitrogens with one attached hydrogen (secondary N) is 2. The average Bonchev–Trinajstić information content (AvgIpc) is 3.07. The lowest BCUT2D eigenvalue weighted by Crippen LogP contribution is -2.43. The van der Waals surface area contributed by atoms with Gasteiger partial charge in [-0.2, -0.15) is 0 Å². The molecule has 0 aliphatic carbocycles. The second-order valence-electron chi connectivity index (χ2n) is 6.94. The molecule has 2 N–H and O–H groups in total. The average molecular weight is 424 g/mol. The van der Waals surface area contributed by atoms with E-state index in [0.717, 1.165) is 43.9 Å². The number of ether oxygens (including phenoxy) is 1. The Morgan fingerprint density at radius 3 is 2.75 bits per heavy atom. The van der Waals surface area contributed by atoms with Crippen LogP contribution in [0, 0.1) is 0 Å². The van der Waals surface area contributed by atoms with Crippen LogP contribution in [0.25, 0.3) is 0 Å². The van der Waals surface area contributed by atoms with Crippen molar-refractivity contribution in [2.24, 2.45) is 0 Å². The number of halogens is 2. The van der Waals surface area contributed by atoms with Crippen molar-refractivity contribution in [2.45, 2.75) is 25.4 Å². The number of para-hydroxylation sites is 2. The van der Waals surface area contributed by atoms with Crippen LogP contribution in [-0.2, 0) is 22.5 Å². The van der Waals surface area contributed by atoms with E-state index in [9.17, 15) is 4.79 Å². The van der Waals surface area contributed by atoms with Gasteiger partial charge in [0, 0.05) is 43.5 Å². The van der Waals surface area contributed by atoms with Gasteiger partial charge in [0.05, 0.1) is 13.2 Å². The molecule has 0 spiro atoms. The molecule has 1 amide bonds. The molecule has 2 aromatic carbocycles. The fourth-order valence-electron chi connectivity index (χ4n) is 3.73. The number of hydrogen-bond acceptors (Lipinski definition) is 4. The second kappa shape index (κ2) is 10.7. The maximum atomic E-state index is 12.4. The van der Waals surface area contributed by atoms with Crippen molar-refractivity contribution < 1.29 is 9.53 Å². The molecule has 152 valence electrons. The molecule has 4 rings (SSSR count). The summed E-state index contributed by atoms with van der Waals surface area (Å²) in [4.78, 5) is 14.8. The summed E-state index contributed by atoms with van der Waals surface area (Å²) >= 11 is 0. The first-order chi connectivity index (χ1) is 12.8. The van der Waals surface area contributed by atoms with Gasteiger partial charge in [0.2, 0.25) is 5.91 Å². The summed E-state index contributed by atoms with van der Waals surface area (Å²) in [7, 11) is 0. The van der Waals surface area contributed by atoms with Gasteiger partial charge in [-0.1, -0.05) is 36.4 Å². The van der Waals surface area contributed by atoms with Crippen LogP contribution >= 0.6 is 24.8 Å². The van der Waals surface area contributed by atoms with Crippen LogP contribution in [0.15, 0.2) is 48.5 Å². The predicted molar refractivity (Wildman–Crippen MR) is 118 cm³/mol. The van der Waals surface area contributed by atoms with Gasteiger partial charge in [-0.25, -0.2) is 0 Å². The van der Waals surface area contributed by atoms with Crippen molar-refractivity contribution in [1.29, 1.82) is 0 Å². The molecule has 1 atom stereocenters. The largest absolute Gasteiger partial charge is 0.378 e. The summed E-state index contributed by atoms with van der Waals surface area (Å²) in [5.41, 5.74) is 4.75. The Labute approximate surface area is 178 Å². The molecule has 5 nitrogen and oxygen atoms in total. The number of benzene rings is 2. The van der Waals surface area contributed by atoms with Gasteiger partial charge in [0.25, 0.3) is 0 Å². The van der Waals surface area contributed by atoms with Crippen LogP contribution in [0.5, 0.6) is 0 Å². The molecule has 2 aromatic rings. The molecule has 2 aliphatic rings. The van der Waals surface area contributed by atoms with E-state index < -0.39 is 0 Å².